The molecular weight excluding hydrogens is 392 g/mol. The summed E-state index contributed by atoms with van der Waals surface area (Å²) in [5, 5.41) is 19.3. The second-order valence-corrected chi connectivity index (χ2v) is 7.57. The van der Waals surface area contributed by atoms with Crippen molar-refractivity contribution in [3.8, 4) is 11.8 Å². The number of likely N-dealkylation sites (tertiary alicyclic amines) is 1. The summed E-state index contributed by atoms with van der Waals surface area (Å²) in [6.45, 7) is 3.61. The lowest BCUT2D eigenvalue weighted by Gasteiger charge is -2.23. The van der Waals surface area contributed by atoms with Gasteiger partial charge >= 0.3 is 11.9 Å². The Labute approximate surface area is 175 Å². The van der Waals surface area contributed by atoms with Gasteiger partial charge in [-0.15, -0.1) is 11.8 Å². The van der Waals surface area contributed by atoms with Crippen LogP contribution in [0.25, 0.3) is 0 Å². The van der Waals surface area contributed by atoms with Gasteiger partial charge in [0.05, 0.1) is 17.7 Å². The monoisotopic (exact) mass is 419 g/mol. The smallest absolute Gasteiger partial charge is 0.335 e. The number of aliphatic hydroxyl groups excluding tert-OH is 1. The minimum atomic E-state index is -3.44. The van der Waals surface area contributed by atoms with Crippen molar-refractivity contribution in [1.82, 2.24) is 4.90 Å². The summed E-state index contributed by atoms with van der Waals surface area (Å²) in [7, 11) is 0. The summed E-state index contributed by atoms with van der Waals surface area (Å²) in [6.07, 6.45) is 9.12. The van der Waals surface area contributed by atoms with Crippen LogP contribution in [-0.2, 0) is 9.59 Å². The maximum atomic E-state index is 14.1. The largest absolute Gasteiger partial charge is 0.478 e. The van der Waals surface area contributed by atoms with Crippen LogP contribution in [0.2, 0.25) is 0 Å². The molecule has 1 saturated heterocycles. The van der Waals surface area contributed by atoms with Gasteiger partial charge in [-0.1, -0.05) is 42.9 Å². The van der Waals surface area contributed by atoms with Gasteiger partial charge in [0.2, 0.25) is 0 Å². The van der Waals surface area contributed by atoms with E-state index in [2.05, 4.69) is 11.8 Å². The average Bonchev–Trinajstić information content (AvgIpc) is 2.86. The molecule has 0 saturated carbocycles. The van der Waals surface area contributed by atoms with Gasteiger partial charge in [0.25, 0.3) is 5.91 Å². The lowest BCUT2D eigenvalue weighted by molar-refractivity contribution is -0.148. The number of aliphatic carboxylic acids is 1. The van der Waals surface area contributed by atoms with Crippen LogP contribution in [0.4, 0.5) is 8.78 Å². The lowest BCUT2D eigenvalue weighted by atomic mass is 10.00. The first kappa shape index (κ1) is 23.6. The minimum Gasteiger partial charge on any atom is -0.478 e. The Morgan fingerprint density at radius 3 is 2.83 bits per heavy atom. The molecule has 30 heavy (non-hydrogen) atoms. The molecule has 2 unspecified atom stereocenters. The predicted molar refractivity (Wildman–Crippen MR) is 110 cm³/mol. The molecule has 0 aromatic rings. The van der Waals surface area contributed by atoms with Crippen molar-refractivity contribution in [2.75, 3.05) is 6.54 Å². The van der Waals surface area contributed by atoms with E-state index in [0.717, 1.165) is 10.5 Å². The topological polar surface area (TPSA) is 77.8 Å². The highest BCUT2D eigenvalue weighted by Crippen LogP contribution is 2.35. The zero-order chi connectivity index (χ0) is 22.3. The van der Waals surface area contributed by atoms with Crippen LogP contribution in [0.3, 0.4) is 0 Å². The van der Waals surface area contributed by atoms with Crippen molar-refractivity contribution >= 4 is 11.9 Å². The van der Waals surface area contributed by atoms with Crippen LogP contribution in [0, 0.1) is 17.8 Å². The Morgan fingerprint density at radius 1 is 1.43 bits per heavy atom. The predicted octanol–water partition coefficient (Wildman–Crippen LogP) is 3.48. The molecule has 3 atom stereocenters. The number of alkyl halides is 2. The number of nitrogens with zero attached hydrogens (tertiary/aromatic N) is 1. The number of amides is 1. The van der Waals surface area contributed by atoms with Crippen LogP contribution in [0.15, 0.2) is 47.6 Å². The van der Waals surface area contributed by atoms with Crippen molar-refractivity contribution < 1.29 is 28.6 Å². The maximum absolute atomic E-state index is 14.1. The van der Waals surface area contributed by atoms with E-state index in [9.17, 15) is 23.5 Å². The Hall–Kier alpha value is -2.72. The fourth-order valence-corrected chi connectivity index (χ4v) is 3.34. The molecule has 0 aromatic carbocycles. The van der Waals surface area contributed by atoms with E-state index >= 15 is 0 Å². The summed E-state index contributed by atoms with van der Waals surface area (Å²) in [5.41, 5.74) is 0.991. The second kappa shape index (κ2) is 10.4. The molecule has 1 aliphatic heterocycles. The Balaban J connectivity index is 2.07. The third-order valence-corrected chi connectivity index (χ3v) is 5.25. The number of halogens is 2. The number of hydrogen-bond acceptors (Lipinski definition) is 3. The van der Waals surface area contributed by atoms with Gasteiger partial charge in [0.15, 0.2) is 0 Å². The number of carbonyl (C=O) groups excluding carboxylic acids is 1. The molecule has 1 amide bonds. The van der Waals surface area contributed by atoms with E-state index in [1.807, 2.05) is 6.92 Å². The molecule has 0 spiro atoms. The molecule has 2 N–H and O–H groups in total. The SMILES string of the molecule is CC#CCC(C)[C@H](O)/C=C/C1CC(F)(F)C(=O)N1CCC1=CC=C(C(=O)O)C=CC1. The molecule has 1 aliphatic carbocycles. The van der Waals surface area contributed by atoms with Crippen molar-refractivity contribution in [1.29, 1.82) is 0 Å². The zero-order valence-corrected chi connectivity index (χ0v) is 17.1. The third kappa shape index (κ3) is 6.14. The van der Waals surface area contributed by atoms with Crippen LogP contribution in [0.1, 0.15) is 39.5 Å². The number of carbonyl (C=O) groups is 2. The molecule has 2 rings (SSSR count). The Kier molecular flexibility index (Phi) is 8.13. The van der Waals surface area contributed by atoms with Gasteiger partial charge in [-0.3, -0.25) is 4.79 Å². The summed E-state index contributed by atoms with van der Waals surface area (Å²) >= 11 is 0. The first-order valence-corrected chi connectivity index (χ1v) is 9.90. The fourth-order valence-electron chi connectivity index (χ4n) is 3.34. The molecule has 1 heterocycles. The second-order valence-electron chi connectivity index (χ2n) is 7.57. The molecule has 1 fully saturated rings. The van der Waals surface area contributed by atoms with Gasteiger partial charge in [-0.05, 0) is 31.8 Å². The van der Waals surface area contributed by atoms with E-state index in [0.29, 0.717) is 19.3 Å². The van der Waals surface area contributed by atoms with E-state index in [1.54, 1.807) is 19.1 Å². The number of rotatable bonds is 8. The standard InChI is InChI=1S/C23H27F2NO4/c1-3-4-6-16(2)20(27)12-11-19-15-23(24,25)22(30)26(19)14-13-17-7-5-8-18(10-9-17)21(28)29/h5,8-12,16,19-20,27H,6-7,13-15H2,1-2H3,(H,28,29)/b12-11+/t16?,19?,20-/m1/s1. The van der Waals surface area contributed by atoms with E-state index in [1.165, 1.54) is 24.3 Å². The van der Waals surface area contributed by atoms with Crippen molar-refractivity contribution in [3.05, 3.63) is 47.6 Å². The zero-order valence-electron chi connectivity index (χ0n) is 17.1. The number of hydrogen-bond donors (Lipinski definition) is 2. The molecule has 7 heteroatoms. The highest BCUT2D eigenvalue weighted by Gasteiger charge is 2.52. The number of carboxylic acid groups (broad SMARTS) is 1. The first-order chi connectivity index (χ1) is 14.2. The van der Waals surface area contributed by atoms with Gasteiger partial charge < -0.3 is 15.1 Å². The number of aliphatic hydroxyl groups is 1. The molecule has 162 valence electrons. The molecule has 0 aromatic heterocycles. The average molecular weight is 419 g/mol. The van der Waals surface area contributed by atoms with Crippen molar-refractivity contribution in [2.24, 2.45) is 5.92 Å². The van der Waals surface area contributed by atoms with Crippen LogP contribution in [0.5, 0.6) is 0 Å². The third-order valence-electron chi connectivity index (χ3n) is 5.25. The van der Waals surface area contributed by atoms with E-state index in [4.69, 9.17) is 5.11 Å². The number of allylic oxidation sites excluding steroid dienone is 3. The van der Waals surface area contributed by atoms with E-state index in [-0.39, 0.29) is 18.0 Å². The lowest BCUT2D eigenvalue weighted by Crippen LogP contribution is -2.36. The Morgan fingerprint density at radius 2 is 2.17 bits per heavy atom. The van der Waals surface area contributed by atoms with Gasteiger partial charge in [0, 0.05) is 19.4 Å². The summed E-state index contributed by atoms with van der Waals surface area (Å²) in [5.74, 6) is -0.224. The Bertz CT molecular complexity index is 845. The van der Waals surface area contributed by atoms with Gasteiger partial charge in [0.1, 0.15) is 0 Å². The van der Waals surface area contributed by atoms with Crippen LogP contribution < -0.4 is 0 Å². The first-order valence-electron chi connectivity index (χ1n) is 9.90. The summed E-state index contributed by atoms with van der Waals surface area (Å²) in [4.78, 5) is 24.4. The summed E-state index contributed by atoms with van der Waals surface area (Å²) < 4.78 is 28.1. The highest BCUT2D eigenvalue weighted by molar-refractivity contribution is 5.90. The number of carboxylic acids is 1. The van der Waals surface area contributed by atoms with E-state index < -0.39 is 36.4 Å². The molecule has 5 nitrogen and oxygen atoms in total. The van der Waals surface area contributed by atoms with Gasteiger partial charge in [-0.25, -0.2) is 4.79 Å². The van der Waals surface area contributed by atoms with Crippen LogP contribution in [-0.4, -0.2) is 51.6 Å². The molecule has 0 bridgehead atoms. The maximum Gasteiger partial charge on any atom is 0.335 e. The van der Waals surface area contributed by atoms with Gasteiger partial charge in [-0.2, -0.15) is 8.78 Å². The van der Waals surface area contributed by atoms with Crippen molar-refractivity contribution in [2.45, 2.75) is 57.6 Å². The molecular formula is C23H27F2NO4. The highest BCUT2D eigenvalue weighted by atomic mass is 19.3. The minimum absolute atomic E-state index is 0.0896. The van der Waals surface area contributed by atoms with Crippen molar-refractivity contribution in [3.63, 3.8) is 0 Å². The normalized spacial score (nSPS) is 22.8. The quantitative estimate of drug-likeness (QED) is 0.467. The summed E-state index contributed by atoms with van der Waals surface area (Å²) in [6, 6.07) is -0.807. The molecule has 2 aliphatic rings. The fraction of sp³-hybridized carbons (Fsp3) is 0.478. The van der Waals surface area contributed by atoms with Crippen LogP contribution >= 0.6 is 0 Å². The molecule has 0 radical (unpaired) electrons.